The summed E-state index contributed by atoms with van der Waals surface area (Å²) < 4.78 is 0. The maximum atomic E-state index is 4.81. The Bertz CT molecular complexity index is 1960. The Kier molecular flexibility index (Phi) is 10.1. The molecular formula is C43H38N2. The molecular weight excluding hydrogens is 544 g/mol. The van der Waals surface area contributed by atoms with Gasteiger partial charge in [-0.05, 0) is 93.4 Å². The average molecular weight is 583 g/mol. The molecule has 0 aliphatic heterocycles. The Morgan fingerprint density at radius 1 is 0.733 bits per heavy atom. The predicted molar refractivity (Wildman–Crippen MR) is 196 cm³/mol. The fraction of sp³-hybridized carbons (Fsp3) is 0.0698. The Hall–Kier alpha value is -5.60. The van der Waals surface area contributed by atoms with E-state index in [-0.39, 0.29) is 0 Å². The monoisotopic (exact) mass is 582 g/mol. The minimum Gasteiger partial charge on any atom is -0.264 e. The van der Waals surface area contributed by atoms with E-state index in [1.807, 2.05) is 55.8 Å². The molecule has 5 aromatic rings. The number of fused-ring (bicyclic) bond motifs is 2. The molecule has 220 valence electrons. The average Bonchev–Trinajstić information content (AvgIpc) is 3.09. The van der Waals surface area contributed by atoms with E-state index in [1.54, 1.807) is 6.20 Å². The largest absolute Gasteiger partial charge is 0.264 e. The van der Waals surface area contributed by atoms with Gasteiger partial charge in [-0.3, -0.25) is 9.97 Å². The second kappa shape index (κ2) is 14.7. The Balaban J connectivity index is 1.62. The van der Waals surface area contributed by atoms with Gasteiger partial charge in [-0.15, -0.1) is 0 Å². The first-order valence-electron chi connectivity index (χ1n) is 15.2. The Morgan fingerprint density at radius 3 is 1.93 bits per heavy atom. The third-order valence-corrected chi connectivity index (χ3v) is 7.90. The molecule has 5 rings (SSSR count). The summed E-state index contributed by atoms with van der Waals surface area (Å²) in [5, 5.41) is 4.88. The second-order valence-corrected chi connectivity index (χ2v) is 10.7. The van der Waals surface area contributed by atoms with Crippen LogP contribution in [0.4, 0.5) is 0 Å². The number of rotatable bonds is 11. The van der Waals surface area contributed by atoms with Crippen molar-refractivity contribution in [2.45, 2.75) is 20.3 Å². The van der Waals surface area contributed by atoms with Crippen LogP contribution in [0.3, 0.4) is 0 Å². The van der Waals surface area contributed by atoms with Crippen molar-refractivity contribution in [3.63, 3.8) is 0 Å². The molecule has 2 aromatic heterocycles. The molecule has 0 N–H and O–H groups in total. The maximum absolute atomic E-state index is 4.81. The van der Waals surface area contributed by atoms with Crippen LogP contribution >= 0.6 is 0 Å². The number of pyridine rings is 2. The summed E-state index contributed by atoms with van der Waals surface area (Å²) >= 11 is 0. The maximum Gasteiger partial charge on any atom is 0.0659 e. The van der Waals surface area contributed by atoms with Crippen molar-refractivity contribution >= 4 is 32.7 Å². The van der Waals surface area contributed by atoms with E-state index in [4.69, 9.17) is 4.98 Å². The molecule has 0 saturated heterocycles. The van der Waals surface area contributed by atoms with Crippen LogP contribution in [0.15, 0.2) is 177 Å². The summed E-state index contributed by atoms with van der Waals surface area (Å²) in [6, 6.07) is 25.6. The van der Waals surface area contributed by atoms with E-state index in [1.165, 1.54) is 32.7 Å². The Labute approximate surface area is 267 Å². The summed E-state index contributed by atoms with van der Waals surface area (Å²) in [6.07, 6.45) is 24.7. The summed E-state index contributed by atoms with van der Waals surface area (Å²) in [6.45, 7) is 16.2. The lowest BCUT2D eigenvalue weighted by atomic mass is 9.86. The quantitative estimate of drug-likeness (QED) is 0.114. The molecule has 0 spiro atoms. The minimum absolute atomic E-state index is 0.779. The fourth-order valence-corrected chi connectivity index (χ4v) is 5.77. The smallest absolute Gasteiger partial charge is 0.0659 e. The van der Waals surface area contributed by atoms with Crippen LogP contribution in [0, 0.1) is 0 Å². The fourth-order valence-electron chi connectivity index (χ4n) is 5.77. The summed E-state index contributed by atoms with van der Waals surface area (Å²) in [5.74, 6) is 0. The van der Waals surface area contributed by atoms with Crippen molar-refractivity contribution in [3.8, 4) is 11.1 Å². The third-order valence-electron chi connectivity index (χ3n) is 7.90. The molecule has 0 radical (unpaired) electrons. The van der Waals surface area contributed by atoms with Gasteiger partial charge in [0, 0.05) is 29.7 Å². The molecule has 2 heterocycles. The van der Waals surface area contributed by atoms with Crippen LogP contribution in [0.1, 0.15) is 30.7 Å². The van der Waals surface area contributed by atoms with E-state index in [0.717, 1.165) is 45.5 Å². The lowest BCUT2D eigenvalue weighted by Crippen LogP contribution is -1.96. The minimum atomic E-state index is 0.779. The Morgan fingerprint density at radius 2 is 1.38 bits per heavy atom. The third kappa shape index (κ3) is 6.82. The number of nitrogens with zero attached hydrogens (tertiary/aromatic N) is 2. The van der Waals surface area contributed by atoms with Gasteiger partial charge in [-0.1, -0.05) is 129 Å². The zero-order valence-electron chi connectivity index (χ0n) is 26.1. The highest BCUT2D eigenvalue weighted by atomic mass is 14.7. The molecule has 3 aromatic carbocycles. The first-order valence-corrected chi connectivity index (χ1v) is 15.2. The standard InChI is InChI=1S/C43H38N2/c1-6-16-32(8-3)33(9-4)18-14-24-37-38-20-10-12-22-40(38)43(41-23-13-11-21-39(37)41)34(17-7-2)28-31(5)42-26-25-36(30-45-42)35-19-15-27-44-29-35/h6-23,25-30H,2-4,24H2,1,5H3/b16-6-,18-14-,31-28+,33-32+,34-17+. The van der Waals surface area contributed by atoms with Gasteiger partial charge in [0.05, 0.1) is 5.69 Å². The van der Waals surface area contributed by atoms with Crippen molar-refractivity contribution in [2.24, 2.45) is 0 Å². The number of benzene rings is 3. The molecule has 0 atom stereocenters. The molecule has 0 saturated carbocycles. The predicted octanol–water partition coefficient (Wildman–Crippen LogP) is 11.5. The molecule has 0 aliphatic rings. The highest BCUT2D eigenvalue weighted by molar-refractivity contribution is 6.13. The number of allylic oxidation sites excluding steroid dienone is 13. The van der Waals surface area contributed by atoms with E-state index < -0.39 is 0 Å². The summed E-state index contributed by atoms with van der Waals surface area (Å²) in [4.78, 5) is 9.05. The van der Waals surface area contributed by atoms with Crippen LogP contribution < -0.4 is 0 Å². The van der Waals surface area contributed by atoms with Gasteiger partial charge in [-0.2, -0.15) is 0 Å². The molecule has 0 amide bonds. The normalized spacial score (nSPS) is 13.0. The van der Waals surface area contributed by atoms with Gasteiger partial charge in [0.25, 0.3) is 0 Å². The van der Waals surface area contributed by atoms with Gasteiger partial charge in [-0.25, -0.2) is 0 Å². The van der Waals surface area contributed by atoms with Crippen LogP contribution in [-0.2, 0) is 6.42 Å². The summed E-state index contributed by atoms with van der Waals surface area (Å²) in [5.41, 5.74) is 9.77. The number of hydrogen-bond donors (Lipinski definition) is 0. The van der Waals surface area contributed by atoms with Crippen molar-refractivity contribution in [1.29, 1.82) is 0 Å². The van der Waals surface area contributed by atoms with Crippen LogP contribution in [0.25, 0.3) is 43.8 Å². The topological polar surface area (TPSA) is 25.8 Å². The molecule has 0 aliphatic carbocycles. The molecule has 45 heavy (non-hydrogen) atoms. The number of aromatic nitrogens is 2. The van der Waals surface area contributed by atoms with Gasteiger partial charge < -0.3 is 0 Å². The second-order valence-electron chi connectivity index (χ2n) is 10.7. The lowest BCUT2D eigenvalue weighted by Gasteiger charge is -2.18. The van der Waals surface area contributed by atoms with Crippen LogP contribution in [-0.4, -0.2) is 9.97 Å². The van der Waals surface area contributed by atoms with Gasteiger partial charge in [0.15, 0.2) is 0 Å². The van der Waals surface area contributed by atoms with Crippen LogP contribution in [0.5, 0.6) is 0 Å². The highest BCUT2D eigenvalue weighted by Gasteiger charge is 2.15. The zero-order chi connectivity index (χ0) is 31.6. The van der Waals surface area contributed by atoms with Crippen molar-refractivity contribution in [1.82, 2.24) is 9.97 Å². The van der Waals surface area contributed by atoms with Crippen molar-refractivity contribution in [3.05, 3.63) is 194 Å². The SMILES string of the molecule is C=C/C=C(\C=C(/C)c1ccc(-c2cccnc2)cn1)c1c2ccccc2c(C\C=C/C(C=C)=C(C=C)/C=C\C)c2ccccc12. The first kappa shape index (κ1) is 30.8. The zero-order valence-corrected chi connectivity index (χ0v) is 26.1. The molecule has 0 fully saturated rings. The van der Waals surface area contributed by atoms with E-state index >= 15 is 0 Å². The van der Waals surface area contributed by atoms with Crippen molar-refractivity contribution < 1.29 is 0 Å². The van der Waals surface area contributed by atoms with E-state index in [2.05, 4.69) is 123 Å². The molecule has 0 bridgehead atoms. The van der Waals surface area contributed by atoms with E-state index in [9.17, 15) is 0 Å². The number of hydrogen-bond acceptors (Lipinski definition) is 2. The van der Waals surface area contributed by atoms with Gasteiger partial charge in [0.1, 0.15) is 0 Å². The molecule has 0 unspecified atom stereocenters. The van der Waals surface area contributed by atoms with E-state index in [0.29, 0.717) is 0 Å². The first-order chi connectivity index (χ1) is 22.1. The van der Waals surface area contributed by atoms with Crippen LogP contribution in [0.2, 0.25) is 0 Å². The van der Waals surface area contributed by atoms with Gasteiger partial charge >= 0.3 is 0 Å². The molecule has 2 heteroatoms. The summed E-state index contributed by atoms with van der Waals surface area (Å²) in [7, 11) is 0. The highest BCUT2D eigenvalue weighted by Crippen LogP contribution is 2.38. The van der Waals surface area contributed by atoms with Gasteiger partial charge in [0.2, 0.25) is 0 Å². The van der Waals surface area contributed by atoms with Crippen molar-refractivity contribution in [2.75, 3.05) is 0 Å². The lowest BCUT2D eigenvalue weighted by molar-refractivity contribution is 1.26. The molecule has 2 nitrogen and oxygen atoms in total.